The lowest BCUT2D eigenvalue weighted by Gasteiger charge is -2.15. The van der Waals surface area contributed by atoms with Crippen molar-refractivity contribution in [2.75, 3.05) is 5.32 Å². The second kappa shape index (κ2) is 7.79. The van der Waals surface area contributed by atoms with E-state index in [1.54, 1.807) is 33.0 Å². The van der Waals surface area contributed by atoms with Crippen LogP contribution in [-0.2, 0) is 4.79 Å². The Balaban J connectivity index is 1.91. The zero-order chi connectivity index (χ0) is 21.3. The molecule has 152 valence electrons. The number of hydrogen-bond acceptors (Lipinski definition) is 4. The number of fused-ring (bicyclic) bond motifs is 1. The van der Waals surface area contributed by atoms with Crippen molar-refractivity contribution < 1.29 is 23.1 Å². The summed E-state index contributed by atoms with van der Waals surface area (Å²) in [6.45, 7) is 5.24. The number of rotatable bonds is 4. The molecule has 8 heteroatoms. The van der Waals surface area contributed by atoms with Crippen LogP contribution >= 0.6 is 0 Å². The first-order valence-electron chi connectivity index (χ1n) is 8.98. The van der Waals surface area contributed by atoms with Crippen molar-refractivity contribution in [2.45, 2.75) is 33.1 Å². The van der Waals surface area contributed by atoms with Gasteiger partial charge in [0.2, 0.25) is 5.91 Å². The van der Waals surface area contributed by atoms with Crippen molar-refractivity contribution in [2.24, 2.45) is 5.92 Å². The molecule has 1 amide bonds. The van der Waals surface area contributed by atoms with Crippen molar-refractivity contribution in [1.29, 1.82) is 0 Å². The van der Waals surface area contributed by atoms with Crippen LogP contribution in [0.3, 0.4) is 0 Å². The number of pyridine rings is 2. The van der Waals surface area contributed by atoms with Crippen molar-refractivity contribution >= 4 is 22.5 Å². The molecule has 1 unspecified atom stereocenters. The van der Waals surface area contributed by atoms with Crippen LogP contribution in [0.1, 0.15) is 31.2 Å². The smallest absolute Gasteiger partial charge is 0.378 e. The average molecular weight is 403 g/mol. The van der Waals surface area contributed by atoms with E-state index in [1.807, 2.05) is 18.2 Å². The van der Waals surface area contributed by atoms with Gasteiger partial charge in [-0.15, -0.1) is 0 Å². The molecule has 0 aliphatic rings. The SMILES string of the molecule is Cc1cc(C(O)C(F)(F)F)ncc1-c1ccc2cc(NC(=O)C(C)C)ncc2c1. The number of aliphatic hydroxyl groups is 1. The Kier molecular flexibility index (Phi) is 5.57. The fourth-order valence-electron chi connectivity index (χ4n) is 2.85. The molecule has 2 N–H and O–H groups in total. The number of carbonyl (C=O) groups is 1. The van der Waals surface area contributed by atoms with Gasteiger partial charge in [-0.3, -0.25) is 9.78 Å². The summed E-state index contributed by atoms with van der Waals surface area (Å²) in [6.07, 6.45) is -4.43. The van der Waals surface area contributed by atoms with Crippen LogP contribution in [0.25, 0.3) is 21.9 Å². The Bertz CT molecular complexity index is 1060. The lowest BCUT2D eigenvalue weighted by molar-refractivity contribution is -0.207. The summed E-state index contributed by atoms with van der Waals surface area (Å²) in [7, 11) is 0. The van der Waals surface area contributed by atoms with Gasteiger partial charge in [-0.05, 0) is 41.6 Å². The second-order valence-corrected chi connectivity index (χ2v) is 7.14. The molecule has 3 rings (SSSR count). The maximum atomic E-state index is 12.7. The number of hydrogen-bond donors (Lipinski definition) is 2. The number of nitrogens with one attached hydrogen (secondary N) is 1. The molecule has 1 aromatic carbocycles. The predicted octanol–water partition coefficient (Wildman–Crippen LogP) is 4.80. The highest BCUT2D eigenvalue weighted by Crippen LogP contribution is 2.34. The highest BCUT2D eigenvalue weighted by Gasteiger charge is 2.40. The Morgan fingerprint density at radius 1 is 1.07 bits per heavy atom. The summed E-state index contributed by atoms with van der Waals surface area (Å²) in [6, 6.07) is 8.50. The van der Waals surface area contributed by atoms with Gasteiger partial charge in [0.25, 0.3) is 0 Å². The Morgan fingerprint density at radius 2 is 1.79 bits per heavy atom. The van der Waals surface area contributed by atoms with E-state index in [-0.39, 0.29) is 11.8 Å². The second-order valence-electron chi connectivity index (χ2n) is 7.14. The number of aromatic nitrogens is 2. The van der Waals surface area contributed by atoms with Gasteiger partial charge in [0.15, 0.2) is 6.10 Å². The van der Waals surface area contributed by atoms with Crippen LogP contribution in [0.4, 0.5) is 19.0 Å². The highest BCUT2D eigenvalue weighted by molar-refractivity contribution is 5.94. The van der Waals surface area contributed by atoms with Crippen LogP contribution in [-0.4, -0.2) is 27.2 Å². The average Bonchev–Trinajstić information content (AvgIpc) is 2.66. The van der Waals surface area contributed by atoms with Crippen LogP contribution in [0.5, 0.6) is 0 Å². The van der Waals surface area contributed by atoms with Gasteiger partial charge in [0.1, 0.15) is 5.82 Å². The minimum atomic E-state index is -4.77. The van der Waals surface area contributed by atoms with Gasteiger partial charge < -0.3 is 10.4 Å². The summed E-state index contributed by atoms with van der Waals surface area (Å²) in [5.74, 6) is 0.160. The maximum absolute atomic E-state index is 12.7. The third-order valence-electron chi connectivity index (χ3n) is 4.53. The van der Waals surface area contributed by atoms with E-state index in [0.29, 0.717) is 16.9 Å². The predicted molar refractivity (Wildman–Crippen MR) is 104 cm³/mol. The first-order chi connectivity index (χ1) is 13.6. The van der Waals surface area contributed by atoms with Gasteiger partial charge in [-0.1, -0.05) is 26.0 Å². The van der Waals surface area contributed by atoms with Gasteiger partial charge in [0.05, 0.1) is 5.69 Å². The molecule has 0 aliphatic carbocycles. The molecule has 2 heterocycles. The molecule has 0 fully saturated rings. The first kappa shape index (κ1) is 20.7. The van der Waals surface area contributed by atoms with Crippen molar-refractivity contribution in [3.63, 3.8) is 0 Å². The standard InChI is InChI=1S/C21H20F3N3O2/c1-11(2)20(29)27-18-8-13-4-5-14(7-15(13)9-26-18)16-10-25-17(6-12(16)3)19(28)21(22,23)24/h4-11,19,28H,1-3H3,(H,26,27,29). The summed E-state index contributed by atoms with van der Waals surface area (Å²) in [5.41, 5.74) is 1.54. The number of alkyl halides is 3. The zero-order valence-corrected chi connectivity index (χ0v) is 16.1. The zero-order valence-electron chi connectivity index (χ0n) is 16.1. The number of anilines is 1. The Hall–Kier alpha value is -3.00. The normalized spacial score (nSPS) is 13.0. The largest absolute Gasteiger partial charge is 0.420 e. The molecule has 2 aromatic heterocycles. The number of nitrogens with zero attached hydrogens (tertiary/aromatic N) is 2. The van der Waals surface area contributed by atoms with Crippen LogP contribution in [0, 0.1) is 12.8 Å². The molecule has 0 saturated heterocycles. The van der Waals surface area contributed by atoms with Crippen LogP contribution in [0.15, 0.2) is 42.7 Å². The molecule has 1 atom stereocenters. The van der Waals surface area contributed by atoms with E-state index >= 15 is 0 Å². The number of amides is 1. The Labute approximate surface area is 165 Å². The van der Waals surface area contributed by atoms with Gasteiger partial charge >= 0.3 is 6.18 Å². The van der Waals surface area contributed by atoms with E-state index in [0.717, 1.165) is 16.3 Å². The summed E-state index contributed by atoms with van der Waals surface area (Å²) in [5, 5.41) is 13.8. The lowest BCUT2D eigenvalue weighted by atomic mass is 9.99. The summed E-state index contributed by atoms with van der Waals surface area (Å²) in [4.78, 5) is 19.9. The number of halogens is 3. The van der Waals surface area contributed by atoms with Gasteiger partial charge in [-0.25, -0.2) is 4.98 Å². The fourth-order valence-corrected chi connectivity index (χ4v) is 2.85. The molecule has 0 saturated carbocycles. The monoisotopic (exact) mass is 403 g/mol. The molecule has 0 spiro atoms. The van der Waals surface area contributed by atoms with E-state index in [1.165, 1.54) is 12.3 Å². The molecule has 0 radical (unpaired) electrons. The third kappa shape index (κ3) is 4.54. The topological polar surface area (TPSA) is 75.1 Å². The molecule has 0 aliphatic heterocycles. The van der Waals surface area contributed by atoms with Crippen LogP contribution < -0.4 is 5.32 Å². The number of benzene rings is 1. The van der Waals surface area contributed by atoms with Crippen molar-refractivity contribution in [1.82, 2.24) is 9.97 Å². The molecule has 29 heavy (non-hydrogen) atoms. The molecular formula is C21H20F3N3O2. The maximum Gasteiger partial charge on any atom is 0.420 e. The number of aryl methyl sites for hydroxylation is 1. The van der Waals surface area contributed by atoms with Crippen molar-refractivity contribution in [3.8, 4) is 11.1 Å². The van der Waals surface area contributed by atoms with E-state index < -0.39 is 18.0 Å². The number of aliphatic hydroxyl groups excluding tert-OH is 1. The quantitative estimate of drug-likeness (QED) is 0.657. The summed E-state index contributed by atoms with van der Waals surface area (Å²) < 4.78 is 38.1. The molecule has 3 aromatic rings. The molecular weight excluding hydrogens is 383 g/mol. The Morgan fingerprint density at radius 3 is 2.41 bits per heavy atom. The van der Waals surface area contributed by atoms with E-state index in [9.17, 15) is 23.1 Å². The highest BCUT2D eigenvalue weighted by atomic mass is 19.4. The van der Waals surface area contributed by atoms with E-state index in [2.05, 4.69) is 15.3 Å². The fraction of sp³-hybridized carbons (Fsp3) is 0.286. The number of carbonyl (C=O) groups excluding carboxylic acids is 1. The van der Waals surface area contributed by atoms with E-state index in [4.69, 9.17) is 0 Å². The van der Waals surface area contributed by atoms with Crippen molar-refractivity contribution in [3.05, 3.63) is 54.0 Å². The lowest BCUT2D eigenvalue weighted by Crippen LogP contribution is -2.21. The third-order valence-corrected chi connectivity index (χ3v) is 4.53. The van der Waals surface area contributed by atoms with Gasteiger partial charge in [0, 0.05) is 29.3 Å². The molecule has 0 bridgehead atoms. The minimum absolute atomic E-state index is 0.128. The summed E-state index contributed by atoms with van der Waals surface area (Å²) >= 11 is 0. The molecule has 5 nitrogen and oxygen atoms in total. The van der Waals surface area contributed by atoms with Gasteiger partial charge in [-0.2, -0.15) is 13.2 Å². The first-order valence-corrected chi connectivity index (χ1v) is 8.98. The minimum Gasteiger partial charge on any atom is -0.378 e. The van der Waals surface area contributed by atoms with Crippen LogP contribution in [0.2, 0.25) is 0 Å².